The van der Waals surface area contributed by atoms with E-state index in [4.69, 9.17) is 0 Å². The molecule has 0 aliphatic rings. The van der Waals surface area contributed by atoms with E-state index in [0.29, 0.717) is 0 Å². The molecule has 0 unspecified atom stereocenters. The van der Waals surface area contributed by atoms with Crippen molar-refractivity contribution in [1.29, 1.82) is 0 Å². The fraction of sp³-hybridized carbons (Fsp3) is 0. The topological polar surface area (TPSA) is 13.1 Å². The number of anilines is 3. The van der Waals surface area contributed by atoms with E-state index in [-0.39, 0.29) is 0 Å². The highest BCUT2D eigenvalue weighted by molar-refractivity contribution is 6.22. The van der Waals surface area contributed by atoms with Gasteiger partial charge in [0.1, 0.15) is 5.65 Å². The first-order valence-corrected chi connectivity index (χ1v) is 18.1. The van der Waals surface area contributed by atoms with Gasteiger partial charge in [-0.15, -0.1) is 0 Å². The highest BCUT2D eigenvalue weighted by Crippen LogP contribution is 2.43. The van der Waals surface area contributed by atoms with Crippen molar-refractivity contribution in [3.63, 3.8) is 0 Å². The van der Waals surface area contributed by atoms with Gasteiger partial charge in [0.05, 0.1) is 16.7 Å². The molecule has 0 bridgehead atoms. The SMILES string of the molecule is c1ccc(-c2ccccc2N(c2ccccc2)c2ccc(-c3ccc4c5c6ccccc6n(-c6ccccc6)c5n(-c5ccccc5)c4c3)cc2)cc1. The van der Waals surface area contributed by atoms with Crippen LogP contribution in [0, 0.1) is 0 Å². The maximum Gasteiger partial charge on any atom is 0.131 e. The Labute approximate surface area is 308 Å². The van der Waals surface area contributed by atoms with Crippen LogP contribution in [0.5, 0.6) is 0 Å². The third kappa shape index (κ3) is 5.21. The maximum atomic E-state index is 2.44. The number of benzene rings is 8. The van der Waals surface area contributed by atoms with Gasteiger partial charge in [-0.2, -0.15) is 0 Å². The van der Waals surface area contributed by atoms with E-state index in [2.05, 4.69) is 226 Å². The Morgan fingerprint density at radius 3 is 1.55 bits per heavy atom. The minimum Gasteiger partial charge on any atom is -0.310 e. The molecule has 0 amide bonds. The molecule has 2 aromatic heterocycles. The number of para-hydroxylation sites is 5. The fourth-order valence-electron chi connectivity index (χ4n) is 7.94. The van der Waals surface area contributed by atoms with Gasteiger partial charge in [0, 0.05) is 44.5 Å². The normalized spacial score (nSPS) is 11.4. The van der Waals surface area contributed by atoms with E-state index in [0.717, 1.165) is 28.4 Å². The van der Waals surface area contributed by atoms with Gasteiger partial charge in [0.25, 0.3) is 0 Å². The Hall–Kier alpha value is -7.10. The molecule has 8 aromatic carbocycles. The van der Waals surface area contributed by atoms with E-state index in [1.54, 1.807) is 0 Å². The molecular formula is C50H35N3. The van der Waals surface area contributed by atoms with E-state index in [1.165, 1.54) is 55.1 Å². The van der Waals surface area contributed by atoms with Crippen LogP contribution in [0.1, 0.15) is 0 Å². The highest BCUT2D eigenvalue weighted by Gasteiger charge is 2.23. The minimum atomic E-state index is 1.10. The lowest BCUT2D eigenvalue weighted by molar-refractivity contribution is 1.07. The smallest absolute Gasteiger partial charge is 0.131 e. The second-order valence-electron chi connectivity index (χ2n) is 13.4. The minimum absolute atomic E-state index is 1.10. The fourth-order valence-corrected chi connectivity index (χ4v) is 7.94. The zero-order chi connectivity index (χ0) is 35.1. The van der Waals surface area contributed by atoms with E-state index in [1.807, 2.05) is 0 Å². The van der Waals surface area contributed by atoms with Crippen molar-refractivity contribution >= 4 is 49.9 Å². The van der Waals surface area contributed by atoms with Gasteiger partial charge in [-0.1, -0.05) is 146 Å². The molecule has 10 aromatic rings. The molecule has 0 atom stereocenters. The molecule has 0 radical (unpaired) electrons. The largest absolute Gasteiger partial charge is 0.310 e. The van der Waals surface area contributed by atoms with Crippen molar-refractivity contribution in [2.75, 3.05) is 4.90 Å². The summed E-state index contributed by atoms with van der Waals surface area (Å²) in [6.07, 6.45) is 0. The van der Waals surface area contributed by atoms with Gasteiger partial charge < -0.3 is 4.90 Å². The summed E-state index contributed by atoms with van der Waals surface area (Å²) >= 11 is 0. The van der Waals surface area contributed by atoms with Gasteiger partial charge in [-0.05, 0) is 83.4 Å². The maximum absolute atomic E-state index is 2.44. The van der Waals surface area contributed by atoms with Crippen LogP contribution in [0.2, 0.25) is 0 Å². The summed E-state index contributed by atoms with van der Waals surface area (Å²) in [6.45, 7) is 0. The molecule has 53 heavy (non-hydrogen) atoms. The predicted octanol–water partition coefficient (Wildman–Crippen LogP) is 13.5. The second kappa shape index (κ2) is 12.9. The van der Waals surface area contributed by atoms with Crippen LogP contribution in [0.15, 0.2) is 212 Å². The van der Waals surface area contributed by atoms with E-state index < -0.39 is 0 Å². The zero-order valence-electron chi connectivity index (χ0n) is 29.0. The van der Waals surface area contributed by atoms with Crippen molar-refractivity contribution in [2.24, 2.45) is 0 Å². The van der Waals surface area contributed by atoms with Crippen molar-refractivity contribution in [2.45, 2.75) is 0 Å². The van der Waals surface area contributed by atoms with Gasteiger partial charge in [0.15, 0.2) is 0 Å². The van der Waals surface area contributed by atoms with Crippen LogP contribution in [0.25, 0.3) is 66.5 Å². The van der Waals surface area contributed by atoms with Crippen LogP contribution in [-0.2, 0) is 0 Å². The van der Waals surface area contributed by atoms with Gasteiger partial charge >= 0.3 is 0 Å². The lowest BCUT2D eigenvalue weighted by Crippen LogP contribution is -2.11. The van der Waals surface area contributed by atoms with Crippen LogP contribution in [-0.4, -0.2) is 9.13 Å². The molecule has 2 heterocycles. The molecule has 0 spiro atoms. The molecule has 0 fully saturated rings. The van der Waals surface area contributed by atoms with Crippen molar-refractivity contribution in [3.8, 4) is 33.6 Å². The summed E-state index contributed by atoms with van der Waals surface area (Å²) in [5.41, 5.74) is 13.9. The standard InChI is InChI=1S/C50H35N3/c1-5-17-37(18-6-1)43-25-13-15-27-46(43)51(39-19-7-2-8-20-39)42-32-29-36(30-33-42)38-31-34-45-48(35-38)53(41-23-11-4-12-24-41)50-49(45)44-26-14-16-28-47(44)52(50)40-21-9-3-10-22-40/h1-35H. The molecule has 3 heteroatoms. The number of aromatic nitrogens is 2. The summed E-state index contributed by atoms with van der Waals surface area (Å²) in [4.78, 5) is 2.36. The van der Waals surface area contributed by atoms with Crippen molar-refractivity contribution < 1.29 is 0 Å². The van der Waals surface area contributed by atoms with Crippen LogP contribution < -0.4 is 4.90 Å². The van der Waals surface area contributed by atoms with Crippen molar-refractivity contribution in [3.05, 3.63) is 212 Å². The summed E-state index contributed by atoms with van der Waals surface area (Å²) < 4.78 is 4.85. The van der Waals surface area contributed by atoms with Crippen molar-refractivity contribution in [1.82, 2.24) is 9.13 Å². The monoisotopic (exact) mass is 677 g/mol. The molecule has 0 aliphatic carbocycles. The Balaban J connectivity index is 1.15. The molecular weight excluding hydrogens is 643 g/mol. The second-order valence-corrected chi connectivity index (χ2v) is 13.4. The number of fused-ring (bicyclic) bond motifs is 5. The summed E-state index contributed by atoms with van der Waals surface area (Å²) in [7, 11) is 0. The zero-order valence-corrected chi connectivity index (χ0v) is 29.0. The molecule has 0 saturated carbocycles. The van der Waals surface area contributed by atoms with E-state index in [9.17, 15) is 0 Å². The Kier molecular flexibility index (Phi) is 7.47. The van der Waals surface area contributed by atoms with Crippen LogP contribution in [0.3, 0.4) is 0 Å². The average Bonchev–Trinajstić information content (AvgIpc) is 3.75. The quantitative estimate of drug-likeness (QED) is 0.164. The number of nitrogens with zero attached hydrogens (tertiary/aromatic N) is 3. The number of hydrogen-bond donors (Lipinski definition) is 0. The molecule has 0 N–H and O–H groups in total. The molecule has 0 saturated heterocycles. The first-order valence-electron chi connectivity index (χ1n) is 18.1. The first kappa shape index (κ1) is 30.7. The lowest BCUT2D eigenvalue weighted by Gasteiger charge is -2.28. The number of rotatable bonds is 7. The van der Waals surface area contributed by atoms with Gasteiger partial charge in [-0.25, -0.2) is 0 Å². The molecule has 3 nitrogen and oxygen atoms in total. The molecule has 250 valence electrons. The predicted molar refractivity (Wildman–Crippen MR) is 223 cm³/mol. The number of hydrogen-bond acceptors (Lipinski definition) is 1. The first-order chi connectivity index (χ1) is 26.3. The highest BCUT2D eigenvalue weighted by atomic mass is 15.1. The lowest BCUT2D eigenvalue weighted by atomic mass is 10.0. The van der Waals surface area contributed by atoms with E-state index >= 15 is 0 Å². The Morgan fingerprint density at radius 2 is 0.849 bits per heavy atom. The molecule has 10 rings (SSSR count). The van der Waals surface area contributed by atoms with Gasteiger partial charge in [-0.3, -0.25) is 9.13 Å². The Bertz CT molecular complexity index is 2850. The van der Waals surface area contributed by atoms with Gasteiger partial charge in [0.2, 0.25) is 0 Å². The average molecular weight is 678 g/mol. The van der Waals surface area contributed by atoms with Crippen LogP contribution in [0.4, 0.5) is 17.1 Å². The Morgan fingerprint density at radius 1 is 0.340 bits per heavy atom. The third-order valence-corrected chi connectivity index (χ3v) is 10.3. The van der Waals surface area contributed by atoms with Crippen LogP contribution >= 0.6 is 0 Å². The summed E-state index contributed by atoms with van der Waals surface area (Å²) in [5.74, 6) is 0. The summed E-state index contributed by atoms with van der Waals surface area (Å²) in [6, 6.07) is 76.1. The molecule has 0 aliphatic heterocycles. The summed E-state index contributed by atoms with van der Waals surface area (Å²) in [5, 5.41) is 3.75. The third-order valence-electron chi connectivity index (χ3n) is 10.3.